The normalized spacial score (nSPS) is 15.5. The monoisotopic (exact) mass is 479 g/mol. The number of aromatic nitrogens is 3. The van der Waals surface area contributed by atoms with Crippen LogP contribution in [0.1, 0.15) is 28.7 Å². The van der Waals surface area contributed by atoms with Crippen LogP contribution in [-0.2, 0) is 30.4 Å². The van der Waals surface area contributed by atoms with Gasteiger partial charge in [0.05, 0.1) is 16.6 Å². The lowest BCUT2D eigenvalue weighted by atomic mass is 9.99. The van der Waals surface area contributed by atoms with Crippen LogP contribution in [-0.4, -0.2) is 27.4 Å². The number of nitrogens with one attached hydrogen (secondary N) is 2. The Morgan fingerprint density at radius 2 is 1.89 bits per heavy atom. The number of hydrogen-bond acceptors (Lipinski definition) is 5. The van der Waals surface area contributed by atoms with Crippen LogP contribution in [0, 0.1) is 0 Å². The van der Waals surface area contributed by atoms with Gasteiger partial charge in [-0.3, -0.25) is 4.79 Å². The number of hydrogen-bond donors (Lipinski definition) is 2. The van der Waals surface area contributed by atoms with Crippen molar-refractivity contribution >= 4 is 28.7 Å². The number of halogens is 3. The second-order valence-electron chi connectivity index (χ2n) is 8.68. The maximum absolute atomic E-state index is 13.1. The van der Waals surface area contributed by atoms with E-state index in [2.05, 4.69) is 20.3 Å². The molecule has 0 fully saturated rings. The van der Waals surface area contributed by atoms with Gasteiger partial charge in [0.15, 0.2) is 0 Å². The summed E-state index contributed by atoms with van der Waals surface area (Å²) in [6, 6.07) is 11.2. The number of imidazole rings is 1. The first kappa shape index (κ1) is 21.5. The number of pyridine rings is 1. The fourth-order valence-electron chi connectivity index (χ4n) is 4.58. The van der Waals surface area contributed by atoms with Crippen LogP contribution in [0.5, 0.6) is 11.5 Å². The molecule has 0 unspecified atom stereocenters. The van der Waals surface area contributed by atoms with Gasteiger partial charge in [0.1, 0.15) is 17.3 Å². The van der Waals surface area contributed by atoms with E-state index < -0.39 is 11.7 Å². The van der Waals surface area contributed by atoms with Gasteiger partial charge < -0.3 is 19.9 Å². The Labute approximate surface area is 198 Å². The average Bonchev–Trinajstić information content (AvgIpc) is 3.27. The molecule has 0 saturated carbocycles. The summed E-state index contributed by atoms with van der Waals surface area (Å²) in [4.78, 5) is 25.5. The van der Waals surface area contributed by atoms with Gasteiger partial charge in [0, 0.05) is 31.3 Å². The molecule has 2 N–H and O–H groups in total. The summed E-state index contributed by atoms with van der Waals surface area (Å²) < 4.78 is 45.4. The molecule has 0 aliphatic carbocycles. The Kier molecular flexibility index (Phi) is 4.91. The Bertz CT molecular complexity index is 1460. The van der Waals surface area contributed by atoms with Crippen molar-refractivity contribution in [2.24, 2.45) is 0 Å². The minimum Gasteiger partial charge on any atom is -0.457 e. The molecule has 4 heterocycles. The van der Waals surface area contributed by atoms with Crippen molar-refractivity contribution in [3.8, 4) is 11.5 Å². The van der Waals surface area contributed by atoms with E-state index >= 15 is 0 Å². The molecule has 0 bridgehead atoms. The summed E-state index contributed by atoms with van der Waals surface area (Å²) in [5.74, 6) is 2.32. The SMILES string of the molecule is O=C1CCc2c(Oc3ccc4c(c3)CN(c3nc5ccc(C(F)(F)F)cc5[nH]3)CC4)ccnc2N1. The van der Waals surface area contributed by atoms with Crippen molar-refractivity contribution in [3.63, 3.8) is 0 Å². The molecule has 7 nitrogen and oxygen atoms in total. The van der Waals surface area contributed by atoms with Gasteiger partial charge in [-0.2, -0.15) is 13.2 Å². The maximum Gasteiger partial charge on any atom is 0.416 e. The van der Waals surface area contributed by atoms with Gasteiger partial charge in [0.2, 0.25) is 11.9 Å². The van der Waals surface area contributed by atoms with Gasteiger partial charge >= 0.3 is 6.18 Å². The van der Waals surface area contributed by atoms with Gasteiger partial charge in [0.25, 0.3) is 0 Å². The molecular weight excluding hydrogens is 459 g/mol. The molecular formula is C25H20F3N5O2. The lowest BCUT2D eigenvalue weighted by molar-refractivity contribution is -0.137. The minimum absolute atomic E-state index is 0.0590. The molecule has 0 atom stereocenters. The first-order valence-electron chi connectivity index (χ1n) is 11.2. The zero-order valence-electron chi connectivity index (χ0n) is 18.4. The predicted octanol–water partition coefficient (Wildman–Crippen LogP) is 5.22. The maximum atomic E-state index is 13.1. The number of aromatic amines is 1. The standard InChI is InChI=1S/C25H20F3N5O2/c26-25(27,28)16-2-5-19-20(12-16)31-24(30-19)33-10-8-14-1-3-17(11-15(14)13-33)35-21-7-9-29-23-18(21)4-6-22(34)32-23/h1-3,5,7,9,11-12H,4,6,8,10,13H2,(H,30,31)(H,29,32,34). The van der Waals surface area contributed by atoms with Crippen LogP contribution in [0.2, 0.25) is 0 Å². The smallest absolute Gasteiger partial charge is 0.416 e. The Morgan fingerprint density at radius 3 is 2.74 bits per heavy atom. The highest BCUT2D eigenvalue weighted by Crippen LogP contribution is 2.35. The number of ether oxygens (including phenoxy) is 1. The number of benzene rings is 2. The van der Waals surface area contributed by atoms with E-state index in [-0.39, 0.29) is 5.91 Å². The van der Waals surface area contributed by atoms with Crippen LogP contribution in [0.3, 0.4) is 0 Å². The van der Waals surface area contributed by atoms with Gasteiger partial charge in [-0.15, -0.1) is 0 Å². The van der Waals surface area contributed by atoms with E-state index in [4.69, 9.17) is 4.74 Å². The first-order valence-corrected chi connectivity index (χ1v) is 11.2. The Balaban J connectivity index is 1.25. The van der Waals surface area contributed by atoms with Crippen LogP contribution >= 0.6 is 0 Å². The Morgan fingerprint density at radius 1 is 1.00 bits per heavy atom. The van der Waals surface area contributed by atoms with Crippen molar-refractivity contribution < 1.29 is 22.7 Å². The zero-order chi connectivity index (χ0) is 24.2. The van der Waals surface area contributed by atoms with Gasteiger partial charge in [-0.1, -0.05) is 6.07 Å². The number of H-pyrrole nitrogens is 1. The second-order valence-corrected chi connectivity index (χ2v) is 8.68. The minimum atomic E-state index is -4.40. The molecule has 1 amide bonds. The topological polar surface area (TPSA) is 83.1 Å². The molecule has 10 heteroatoms. The summed E-state index contributed by atoms with van der Waals surface area (Å²) in [5.41, 5.74) is 3.25. The van der Waals surface area contributed by atoms with Gasteiger partial charge in [-0.05, 0) is 60.4 Å². The zero-order valence-corrected chi connectivity index (χ0v) is 18.4. The van der Waals surface area contributed by atoms with Crippen LogP contribution in [0.4, 0.5) is 24.9 Å². The lowest BCUT2D eigenvalue weighted by Gasteiger charge is -2.29. The summed E-state index contributed by atoms with van der Waals surface area (Å²) >= 11 is 0. The van der Waals surface area contributed by atoms with Crippen LogP contribution in [0.25, 0.3) is 11.0 Å². The predicted molar refractivity (Wildman–Crippen MR) is 124 cm³/mol. The third-order valence-electron chi connectivity index (χ3n) is 6.39. The summed E-state index contributed by atoms with van der Waals surface area (Å²) in [5, 5.41) is 2.77. The number of rotatable bonds is 3. The Hall–Kier alpha value is -4.08. The number of carbonyl (C=O) groups is 1. The molecule has 0 saturated heterocycles. The molecule has 4 aromatic rings. The number of anilines is 2. The largest absolute Gasteiger partial charge is 0.457 e. The average molecular weight is 479 g/mol. The highest BCUT2D eigenvalue weighted by atomic mass is 19.4. The van der Waals surface area contributed by atoms with Crippen molar-refractivity contribution in [2.45, 2.75) is 32.0 Å². The highest BCUT2D eigenvalue weighted by Gasteiger charge is 2.31. The first-order chi connectivity index (χ1) is 16.8. The number of alkyl halides is 3. The van der Waals surface area contributed by atoms with Crippen molar-refractivity contribution in [2.75, 3.05) is 16.8 Å². The van der Waals surface area contributed by atoms with E-state index in [1.165, 1.54) is 11.6 Å². The molecule has 6 rings (SSSR count). The lowest BCUT2D eigenvalue weighted by Crippen LogP contribution is -2.31. The van der Waals surface area contributed by atoms with Crippen molar-refractivity contribution in [1.29, 1.82) is 0 Å². The van der Waals surface area contributed by atoms with Crippen LogP contribution in [0.15, 0.2) is 48.7 Å². The molecule has 2 aliphatic rings. The fourth-order valence-corrected chi connectivity index (χ4v) is 4.58. The number of fused-ring (bicyclic) bond motifs is 3. The number of nitrogens with zero attached hydrogens (tertiary/aromatic N) is 3. The molecule has 2 aromatic heterocycles. The van der Waals surface area contributed by atoms with E-state index in [1.54, 1.807) is 12.3 Å². The molecule has 178 valence electrons. The molecule has 2 aromatic carbocycles. The molecule has 2 aliphatic heterocycles. The molecule has 0 spiro atoms. The van der Waals surface area contributed by atoms with Gasteiger partial charge in [-0.25, -0.2) is 9.97 Å². The van der Waals surface area contributed by atoms with Crippen molar-refractivity contribution in [3.05, 3.63) is 70.9 Å². The van der Waals surface area contributed by atoms with E-state index in [9.17, 15) is 18.0 Å². The molecule has 0 radical (unpaired) electrons. The summed E-state index contributed by atoms with van der Waals surface area (Å²) in [7, 11) is 0. The number of amides is 1. The van der Waals surface area contributed by atoms with Crippen LogP contribution < -0.4 is 15.0 Å². The third kappa shape index (κ3) is 4.05. The summed E-state index contributed by atoms with van der Waals surface area (Å²) in [6.07, 6.45) is -1.08. The molecule has 35 heavy (non-hydrogen) atoms. The quantitative estimate of drug-likeness (QED) is 0.421. The van der Waals surface area contributed by atoms with E-state index in [0.29, 0.717) is 60.2 Å². The second kappa shape index (κ2) is 8.00. The van der Waals surface area contributed by atoms with E-state index in [1.807, 2.05) is 23.1 Å². The highest BCUT2D eigenvalue weighted by molar-refractivity contribution is 5.93. The number of carbonyl (C=O) groups excluding carboxylic acids is 1. The summed E-state index contributed by atoms with van der Waals surface area (Å²) in [6.45, 7) is 1.24. The third-order valence-corrected chi connectivity index (χ3v) is 6.39. The fraction of sp³-hybridized carbons (Fsp3) is 0.240. The van der Waals surface area contributed by atoms with Crippen molar-refractivity contribution in [1.82, 2.24) is 15.0 Å². The van der Waals surface area contributed by atoms with E-state index in [0.717, 1.165) is 29.7 Å².